The third kappa shape index (κ3) is 3.81. The van der Waals surface area contributed by atoms with Gasteiger partial charge in [0.15, 0.2) is 0 Å². The molecule has 0 radical (unpaired) electrons. The normalized spacial score (nSPS) is 10.9. The highest BCUT2D eigenvalue weighted by atomic mass is 16.1. The lowest BCUT2D eigenvalue weighted by Crippen LogP contribution is -2.11. The standard InChI is InChI=1S/C18H24N2O/c1-5-16-11-17(20(6-2)19-16)12-18(21)10-15-8-7-13(3)14(4)9-15/h7-9,11H,5-6,10,12H2,1-4H3. The second kappa shape index (κ2) is 6.70. The molecule has 3 nitrogen and oxygen atoms in total. The van der Waals surface area contributed by atoms with Crippen LogP contribution in [-0.2, 0) is 30.6 Å². The van der Waals surface area contributed by atoms with Gasteiger partial charge in [0.25, 0.3) is 0 Å². The van der Waals surface area contributed by atoms with Crippen LogP contribution in [0.5, 0.6) is 0 Å². The Kier molecular flexibility index (Phi) is 4.94. The van der Waals surface area contributed by atoms with Gasteiger partial charge in [-0.25, -0.2) is 0 Å². The van der Waals surface area contributed by atoms with Gasteiger partial charge in [-0.1, -0.05) is 25.1 Å². The van der Waals surface area contributed by atoms with Gasteiger partial charge >= 0.3 is 0 Å². The predicted octanol–water partition coefficient (Wildman–Crippen LogP) is 3.44. The summed E-state index contributed by atoms with van der Waals surface area (Å²) in [4.78, 5) is 12.3. The van der Waals surface area contributed by atoms with E-state index in [-0.39, 0.29) is 5.78 Å². The van der Waals surface area contributed by atoms with Crippen molar-refractivity contribution >= 4 is 5.78 Å². The zero-order valence-corrected chi connectivity index (χ0v) is 13.4. The SMILES string of the molecule is CCc1cc(CC(=O)Cc2ccc(C)c(C)c2)n(CC)n1. The first-order valence-electron chi connectivity index (χ1n) is 7.66. The van der Waals surface area contributed by atoms with Gasteiger partial charge < -0.3 is 0 Å². The van der Waals surface area contributed by atoms with Crippen molar-refractivity contribution in [3.63, 3.8) is 0 Å². The summed E-state index contributed by atoms with van der Waals surface area (Å²) in [5.74, 6) is 0.246. The highest BCUT2D eigenvalue weighted by Gasteiger charge is 2.11. The number of hydrogen-bond donors (Lipinski definition) is 0. The van der Waals surface area contributed by atoms with Crippen molar-refractivity contribution in [2.75, 3.05) is 0 Å². The molecule has 3 heteroatoms. The maximum atomic E-state index is 12.3. The minimum atomic E-state index is 0.246. The average Bonchev–Trinajstić information content (AvgIpc) is 2.85. The van der Waals surface area contributed by atoms with Crippen LogP contribution >= 0.6 is 0 Å². The number of hydrogen-bond acceptors (Lipinski definition) is 2. The Labute approximate surface area is 127 Å². The van der Waals surface area contributed by atoms with E-state index in [4.69, 9.17) is 0 Å². The maximum Gasteiger partial charge on any atom is 0.143 e. The Bertz CT molecular complexity index is 641. The second-order valence-electron chi connectivity index (χ2n) is 5.61. The fourth-order valence-electron chi connectivity index (χ4n) is 2.51. The van der Waals surface area contributed by atoms with Crippen LogP contribution in [0, 0.1) is 13.8 Å². The molecule has 1 aromatic carbocycles. The van der Waals surface area contributed by atoms with E-state index in [0.717, 1.165) is 29.9 Å². The first-order chi connectivity index (χ1) is 10.0. The van der Waals surface area contributed by atoms with E-state index in [9.17, 15) is 4.79 Å². The molecule has 0 fully saturated rings. The van der Waals surface area contributed by atoms with Crippen LogP contribution in [0.4, 0.5) is 0 Å². The molecule has 0 aliphatic carbocycles. The quantitative estimate of drug-likeness (QED) is 0.814. The predicted molar refractivity (Wildman–Crippen MR) is 85.6 cm³/mol. The van der Waals surface area contributed by atoms with Crippen LogP contribution in [0.15, 0.2) is 24.3 Å². The zero-order chi connectivity index (χ0) is 15.4. The summed E-state index contributed by atoms with van der Waals surface area (Å²) in [7, 11) is 0. The van der Waals surface area contributed by atoms with Crippen LogP contribution in [-0.4, -0.2) is 15.6 Å². The van der Waals surface area contributed by atoms with Gasteiger partial charge in [0.2, 0.25) is 0 Å². The summed E-state index contributed by atoms with van der Waals surface area (Å²) < 4.78 is 1.94. The molecule has 1 aromatic heterocycles. The third-order valence-corrected chi connectivity index (χ3v) is 3.93. The van der Waals surface area contributed by atoms with Crippen molar-refractivity contribution in [3.8, 4) is 0 Å². The average molecular weight is 284 g/mol. The summed E-state index contributed by atoms with van der Waals surface area (Å²) in [6, 6.07) is 8.31. The first kappa shape index (κ1) is 15.5. The minimum Gasteiger partial charge on any atom is -0.299 e. The Balaban J connectivity index is 2.07. The highest BCUT2D eigenvalue weighted by Crippen LogP contribution is 2.13. The van der Waals surface area contributed by atoms with Crippen molar-refractivity contribution < 1.29 is 4.79 Å². The van der Waals surface area contributed by atoms with Crippen molar-refractivity contribution in [2.24, 2.45) is 0 Å². The van der Waals surface area contributed by atoms with Crippen molar-refractivity contribution in [2.45, 2.75) is 53.5 Å². The van der Waals surface area contributed by atoms with E-state index in [1.165, 1.54) is 11.1 Å². The molecule has 0 aliphatic heterocycles. The number of rotatable bonds is 6. The fraction of sp³-hybridized carbons (Fsp3) is 0.444. The van der Waals surface area contributed by atoms with Gasteiger partial charge in [-0.2, -0.15) is 5.10 Å². The lowest BCUT2D eigenvalue weighted by Gasteiger charge is -2.06. The molecule has 0 N–H and O–H groups in total. The first-order valence-corrected chi connectivity index (χ1v) is 7.66. The van der Waals surface area contributed by atoms with E-state index in [1.807, 2.05) is 4.68 Å². The monoisotopic (exact) mass is 284 g/mol. The molecule has 112 valence electrons. The lowest BCUT2D eigenvalue weighted by molar-refractivity contribution is -0.117. The Morgan fingerprint density at radius 3 is 2.48 bits per heavy atom. The molecular weight excluding hydrogens is 260 g/mol. The smallest absolute Gasteiger partial charge is 0.143 e. The number of aromatic nitrogens is 2. The molecule has 0 unspecified atom stereocenters. The Morgan fingerprint density at radius 2 is 1.86 bits per heavy atom. The van der Waals surface area contributed by atoms with Gasteiger partial charge in [-0.15, -0.1) is 0 Å². The van der Waals surface area contributed by atoms with E-state index < -0.39 is 0 Å². The molecule has 2 aromatic rings. The molecular formula is C18H24N2O. The lowest BCUT2D eigenvalue weighted by atomic mass is 10.0. The molecule has 0 saturated carbocycles. The number of carbonyl (C=O) groups is 1. The van der Waals surface area contributed by atoms with Crippen LogP contribution < -0.4 is 0 Å². The Hall–Kier alpha value is -1.90. The van der Waals surface area contributed by atoms with E-state index in [2.05, 4.69) is 57.1 Å². The molecule has 2 rings (SSSR count). The summed E-state index contributed by atoms with van der Waals surface area (Å²) in [6.07, 6.45) is 1.87. The molecule has 0 aliphatic rings. The summed E-state index contributed by atoms with van der Waals surface area (Å²) in [6.45, 7) is 9.13. The number of aryl methyl sites for hydroxylation is 4. The van der Waals surface area contributed by atoms with Crippen LogP contribution in [0.3, 0.4) is 0 Å². The van der Waals surface area contributed by atoms with Crippen molar-refractivity contribution in [1.29, 1.82) is 0 Å². The molecule has 0 atom stereocenters. The molecule has 0 amide bonds. The molecule has 0 saturated heterocycles. The van der Waals surface area contributed by atoms with Crippen molar-refractivity contribution in [3.05, 3.63) is 52.3 Å². The van der Waals surface area contributed by atoms with E-state index in [0.29, 0.717) is 12.8 Å². The second-order valence-corrected chi connectivity index (χ2v) is 5.61. The van der Waals surface area contributed by atoms with Crippen LogP contribution in [0.2, 0.25) is 0 Å². The molecule has 21 heavy (non-hydrogen) atoms. The molecule has 0 bridgehead atoms. The summed E-state index contributed by atoms with van der Waals surface area (Å²) in [5.41, 5.74) is 5.70. The number of Topliss-reactive ketones (excluding diaryl/α,β-unsaturated/α-hetero) is 1. The van der Waals surface area contributed by atoms with Crippen molar-refractivity contribution in [1.82, 2.24) is 9.78 Å². The Morgan fingerprint density at radius 1 is 1.10 bits per heavy atom. The van der Waals surface area contributed by atoms with Crippen LogP contribution in [0.25, 0.3) is 0 Å². The van der Waals surface area contributed by atoms with Gasteiger partial charge in [0, 0.05) is 25.1 Å². The van der Waals surface area contributed by atoms with E-state index >= 15 is 0 Å². The fourth-order valence-corrected chi connectivity index (χ4v) is 2.51. The van der Waals surface area contributed by atoms with E-state index in [1.54, 1.807) is 0 Å². The summed E-state index contributed by atoms with van der Waals surface area (Å²) in [5, 5.41) is 4.50. The van der Waals surface area contributed by atoms with Gasteiger partial charge in [-0.05, 0) is 49.9 Å². The zero-order valence-electron chi connectivity index (χ0n) is 13.4. The number of benzene rings is 1. The topological polar surface area (TPSA) is 34.9 Å². The largest absolute Gasteiger partial charge is 0.299 e. The third-order valence-electron chi connectivity index (χ3n) is 3.93. The summed E-state index contributed by atoms with van der Waals surface area (Å²) >= 11 is 0. The number of nitrogens with zero attached hydrogens (tertiary/aromatic N) is 2. The maximum absolute atomic E-state index is 12.3. The van der Waals surface area contributed by atoms with Gasteiger partial charge in [0.1, 0.15) is 5.78 Å². The highest BCUT2D eigenvalue weighted by molar-refractivity contribution is 5.82. The number of carbonyl (C=O) groups excluding carboxylic acids is 1. The molecule has 0 spiro atoms. The molecule has 1 heterocycles. The minimum absolute atomic E-state index is 0.246. The number of ketones is 1. The van der Waals surface area contributed by atoms with Crippen LogP contribution in [0.1, 0.15) is 41.9 Å². The van der Waals surface area contributed by atoms with Gasteiger partial charge in [-0.3, -0.25) is 9.48 Å². The van der Waals surface area contributed by atoms with Gasteiger partial charge in [0.05, 0.1) is 5.69 Å².